The second-order valence-electron chi connectivity index (χ2n) is 8.49. The van der Waals surface area contributed by atoms with Crippen LogP contribution >= 0.6 is 0 Å². The number of nitrogens with zero attached hydrogens (tertiary/aromatic N) is 1. The zero-order valence-electron chi connectivity index (χ0n) is 19.4. The molecule has 0 aromatic carbocycles. The van der Waals surface area contributed by atoms with Crippen LogP contribution in [0.15, 0.2) is 25.3 Å². The predicted molar refractivity (Wildman–Crippen MR) is 117 cm³/mol. The van der Waals surface area contributed by atoms with Gasteiger partial charge in [-0.05, 0) is 44.3 Å². The van der Waals surface area contributed by atoms with Gasteiger partial charge in [-0.15, -0.1) is 0 Å². The Balaban J connectivity index is -0.00000364. The van der Waals surface area contributed by atoms with Gasteiger partial charge < -0.3 is 54.0 Å². The minimum Gasteiger partial charge on any atom is -1.00 e. The van der Waals surface area contributed by atoms with Gasteiger partial charge in [0, 0.05) is 25.9 Å². The minimum absolute atomic E-state index is 0. The van der Waals surface area contributed by atoms with Crippen molar-refractivity contribution in [2.75, 3.05) is 54.4 Å². The Hall–Kier alpha value is -0.700. The standard InChI is InChI=1S/C22H42N4O2.2BrH/c1-7-21(27)23-16-12-15-20(25(3)4)14-10-9-11-18-26(5,6)19-13-17-24-22(28)8-2;;/h7-8,20H,1-2,9-19H2,3-6H3,(H-,23,24,27,28);2*1H. The van der Waals surface area contributed by atoms with E-state index in [-0.39, 0.29) is 45.8 Å². The van der Waals surface area contributed by atoms with Gasteiger partial charge in [0.15, 0.2) is 0 Å². The predicted octanol–water partition coefficient (Wildman–Crippen LogP) is -5.08. The van der Waals surface area contributed by atoms with Crippen LogP contribution in [0.4, 0.5) is 0 Å². The third-order valence-electron chi connectivity index (χ3n) is 5.27. The van der Waals surface area contributed by atoms with Gasteiger partial charge in [0.2, 0.25) is 11.8 Å². The molecule has 0 rings (SSSR count). The third kappa shape index (κ3) is 19.3. The first-order valence-electron chi connectivity index (χ1n) is 10.6. The summed E-state index contributed by atoms with van der Waals surface area (Å²) in [6, 6.07) is 0.650. The van der Waals surface area contributed by atoms with Crippen LogP contribution in [0.5, 0.6) is 0 Å². The Morgan fingerprint density at radius 2 is 1.30 bits per heavy atom. The fourth-order valence-corrected chi connectivity index (χ4v) is 3.36. The number of quaternary nitrogens is 2. The number of unbranched alkanes of at least 4 members (excludes halogenated alkanes) is 2. The van der Waals surface area contributed by atoms with Crippen molar-refractivity contribution in [2.24, 2.45) is 0 Å². The molecule has 0 aliphatic heterocycles. The molecule has 0 aliphatic carbocycles. The quantitative estimate of drug-likeness (QED) is 0.0955. The molecule has 0 aromatic rings. The van der Waals surface area contributed by atoms with Gasteiger partial charge in [0.25, 0.3) is 0 Å². The smallest absolute Gasteiger partial charge is 0.243 e. The Labute approximate surface area is 205 Å². The lowest BCUT2D eigenvalue weighted by Crippen LogP contribution is -3.10. The maximum absolute atomic E-state index is 11.2. The number of hydrogen-bond acceptors (Lipinski definition) is 2. The summed E-state index contributed by atoms with van der Waals surface area (Å²) < 4.78 is 0.995. The molecule has 8 heteroatoms. The van der Waals surface area contributed by atoms with Crippen molar-refractivity contribution in [2.45, 2.75) is 51.0 Å². The Morgan fingerprint density at radius 1 is 0.833 bits per heavy atom. The van der Waals surface area contributed by atoms with Crippen LogP contribution < -0.4 is 49.5 Å². The van der Waals surface area contributed by atoms with E-state index in [1.54, 1.807) is 0 Å². The van der Waals surface area contributed by atoms with E-state index in [0.717, 1.165) is 36.8 Å². The molecule has 1 unspecified atom stereocenters. The van der Waals surface area contributed by atoms with Crippen LogP contribution in [0.25, 0.3) is 0 Å². The van der Waals surface area contributed by atoms with E-state index in [0.29, 0.717) is 12.6 Å². The molecular formula is C22H44Br2N4O2. The normalized spacial score (nSPS) is 11.6. The lowest BCUT2D eigenvalue weighted by molar-refractivity contribution is -0.890. The van der Waals surface area contributed by atoms with E-state index in [1.807, 2.05) is 0 Å². The highest BCUT2D eigenvalue weighted by atomic mass is 79.9. The van der Waals surface area contributed by atoms with Crippen LogP contribution in [0.2, 0.25) is 0 Å². The van der Waals surface area contributed by atoms with Crippen LogP contribution in [0.3, 0.4) is 0 Å². The fourth-order valence-electron chi connectivity index (χ4n) is 3.36. The molecule has 0 fully saturated rings. The number of carbonyl (C=O) groups is 2. The van der Waals surface area contributed by atoms with Gasteiger partial charge in [0.05, 0.1) is 47.3 Å². The summed E-state index contributed by atoms with van der Waals surface area (Å²) in [5, 5.41) is 5.69. The first-order valence-corrected chi connectivity index (χ1v) is 10.6. The largest absolute Gasteiger partial charge is 1.00 e. The van der Waals surface area contributed by atoms with E-state index in [9.17, 15) is 9.59 Å². The fraction of sp³-hybridized carbons (Fsp3) is 0.727. The van der Waals surface area contributed by atoms with Crippen LogP contribution in [0.1, 0.15) is 44.9 Å². The van der Waals surface area contributed by atoms with E-state index in [2.05, 4.69) is 52.0 Å². The second-order valence-corrected chi connectivity index (χ2v) is 8.49. The highest BCUT2D eigenvalue weighted by molar-refractivity contribution is 5.87. The summed E-state index contributed by atoms with van der Waals surface area (Å²) in [5.41, 5.74) is 0. The first kappa shape index (κ1) is 33.9. The monoisotopic (exact) mass is 554 g/mol. The zero-order chi connectivity index (χ0) is 21.4. The molecule has 0 spiro atoms. The molecule has 30 heavy (non-hydrogen) atoms. The molecule has 0 bridgehead atoms. The number of amides is 2. The maximum Gasteiger partial charge on any atom is 0.243 e. The summed E-state index contributed by atoms with van der Waals surface area (Å²) in [5.74, 6) is -0.177. The number of carbonyl (C=O) groups excluding carboxylic acids is 2. The zero-order valence-corrected chi connectivity index (χ0v) is 22.6. The van der Waals surface area contributed by atoms with E-state index in [1.165, 1.54) is 49.3 Å². The summed E-state index contributed by atoms with van der Waals surface area (Å²) >= 11 is 0. The van der Waals surface area contributed by atoms with Crippen molar-refractivity contribution in [3.8, 4) is 0 Å². The molecule has 0 heterocycles. The van der Waals surface area contributed by atoms with Gasteiger partial charge in [-0.25, -0.2) is 0 Å². The molecule has 0 saturated heterocycles. The average Bonchev–Trinajstić information content (AvgIpc) is 2.65. The molecule has 0 radical (unpaired) electrons. The molecule has 0 aromatic heterocycles. The number of rotatable bonds is 17. The molecule has 6 nitrogen and oxygen atoms in total. The summed E-state index contributed by atoms with van der Waals surface area (Å²) in [4.78, 5) is 23.8. The number of halogens is 2. The minimum atomic E-state index is -0.0917. The Bertz CT molecular complexity index is 486. The maximum atomic E-state index is 11.2. The molecule has 3 N–H and O–H groups in total. The average molecular weight is 556 g/mol. The molecule has 0 aliphatic rings. The molecule has 1 atom stereocenters. The molecule has 2 amide bonds. The number of hydrogen-bond donors (Lipinski definition) is 3. The Morgan fingerprint density at radius 3 is 1.80 bits per heavy atom. The Kier molecular flexibility index (Phi) is 22.9. The van der Waals surface area contributed by atoms with Gasteiger partial charge in [-0.3, -0.25) is 9.59 Å². The lowest BCUT2D eigenvalue weighted by atomic mass is 10.0. The van der Waals surface area contributed by atoms with Crippen molar-refractivity contribution < 1.29 is 52.9 Å². The number of nitrogens with one attached hydrogen (secondary N) is 3. The summed E-state index contributed by atoms with van der Waals surface area (Å²) in [6.07, 6.45) is 10.8. The SMILES string of the molecule is C=CC(=O)NCCCC(CCCCC[N+](C)(C)CCCNC(=O)C=C)[NH+](C)C.[Br-].[Br-]. The molecule has 178 valence electrons. The first-order chi connectivity index (χ1) is 13.2. The third-order valence-corrected chi connectivity index (χ3v) is 5.27. The van der Waals surface area contributed by atoms with Crippen molar-refractivity contribution in [1.82, 2.24) is 10.6 Å². The van der Waals surface area contributed by atoms with Crippen molar-refractivity contribution in [3.05, 3.63) is 25.3 Å². The van der Waals surface area contributed by atoms with Gasteiger partial charge >= 0.3 is 0 Å². The van der Waals surface area contributed by atoms with Crippen LogP contribution in [-0.2, 0) is 9.59 Å². The van der Waals surface area contributed by atoms with Crippen molar-refractivity contribution in [1.29, 1.82) is 0 Å². The van der Waals surface area contributed by atoms with Crippen LogP contribution in [0, 0.1) is 0 Å². The van der Waals surface area contributed by atoms with Crippen molar-refractivity contribution >= 4 is 11.8 Å². The van der Waals surface area contributed by atoms with E-state index < -0.39 is 0 Å². The van der Waals surface area contributed by atoms with Crippen LogP contribution in [-0.4, -0.2) is 76.7 Å². The van der Waals surface area contributed by atoms with Crippen molar-refractivity contribution in [3.63, 3.8) is 0 Å². The summed E-state index contributed by atoms with van der Waals surface area (Å²) in [6.45, 7) is 10.6. The molecular weight excluding hydrogens is 512 g/mol. The lowest BCUT2D eigenvalue weighted by Gasteiger charge is -2.30. The summed E-state index contributed by atoms with van der Waals surface area (Å²) in [7, 11) is 8.97. The topological polar surface area (TPSA) is 62.6 Å². The van der Waals surface area contributed by atoms with E-state index in [4.69, 9.17) is 0 Å². The van der Waals surface area contributed by atoms with Gasteiger partial charge in [0.1, 0.15) is 0 Å². The highest BCUT2D eigenvalue weighted by Crippen LogP contribution is 2.09. The molecule has 0 saturated carbocycles. The van der Waals surface area contributed by atoms with Gasteiger partial charge in [-0.2, -0.15) is 0 Å². The second kappa shape index (κ2) is 20.2. The van der Waals surface area contributed by atoms with Gasteiger partial charge in [-0.1, -0.05) is 13.2 Å². The highest BCUT2D eigenvalue weighted by Gasteiger charge is 2.16. The van der Waals surface area contributed by atoms with E-state index >= 15 is 0 Å².